The Bertz CT molecular complexity index is 687. The topological polar surface area (TPSA) is 55.3 Å². The fourth-order valence-corrected chi connectivity index (χ4v) is 3.03. The second-order valence-electron chi connectivity index (χ2n) is 5.76. The van der Waals surface area contributed by atoms with Crippen molar-refractivity contribution in [2.45, 2.75) is 26.7 Å². The highest BCUT2D eigenvalue weighted by molar-refractivity contribution is 5.90. The Kier molecular flexibility index (Phi) is 4.22. The maximum absolute atomic E-state index is 12.0. The first-order valence-electron chi connectivity index (χ1n) is 7.82. The molecule has 0 N–H and O–H groups in total. The van der Waals surface area contributed by atoms with E-state index >= 15 is 0 Å². The summed E-state index contributed by atoms with van der Waals surface area (Å²) >= 11 is 0. The Labute approximate surface area is 130 Å². The van der Waals surface area contributed by atoms with Crippen LogP contribution in [0.4, 0.5) is 5.82 Å². The number of hydrogen-bond donors (Lipinski definition) is 0. The number of hydrogen-bond acceptors (Lipinski definition) is 5. The van der Waals surface area contributed by atoms with E-state index in [9.17, 15) is 4.79 Å². The summed E-state index contributed by atoms with van der Waals surface area (Å²) in [5.74, 6) is 0.757. The molecule has 1 fully saturated rings. The van der Waals surface area contributed by atoms with Gasteiger partial charge in [-0.3, -0.25) is 4.79 Å². The average molecular weight is 299 g/mol. The van der Waals surface area contributed by atoms with Crippen LogP contribution in [0.3, 0.4) is 0 Å². The first kappa shape index (κ1) is 14.8. The van der Waals surface area contributed by atoms with Gasteiger partial charge in [-0.2, -0.15) is 0 Å². The summed E-state index contributed by atoms with van der Waals surface area (Å²) in [6.07, 6.45) is 3.46. The second-order valence-corrected chi connectivity index (χ2v) is 5.76. The number of piperidine rings is 1. The summed E-state index contributed by atoms with van der Waals surface area (Å²) in [5, 5.41) is 1.05. The van der Waals surface area contributed by atoms with Gasteiger partial charge < -0.3 is 9.64 Å². The quantitative estimate of drug-likeness (QED) is 0.816. The third-order valence-electron chi connectivity index (χ3n) is 4.11. The first-order chi connectivity index (χ1) is 10.7. The zero-order chi connectivity index (χ0) is 15.5. The minimum Gasteiger partial charge on any atom is -0.466 e. The SMILES string of the molecule is CCOC(=O)C1CCCN(c2ncnc3ccc(C)cc23)C1. The van der Waals surface area contributed by atoms with Crippen LogP contribution in [-0.4, -0.2) is 35.6 Å². The average Bonchev–Trinajstić information content (AvgIpc) is 2.54. The van der Waals surface area contributed by atoms with Gasteiger partial charge in [0.05, 0.1) is 18.0 Å². The summed E-state index contributed by atoms with van der Waals surface area (Å²) < 4.78 is 5.17. The van der Waals surface area contributed by atoms with Gasteiger partial charge in [0.2, 0.25) is 0 Å². The van der Waals surface area contributed by atoms with Crippen LogP contribution in [-0.2, 0) is 9.53 Å². The number of ether oxygens (including phenoxy) is 1. The Hall–Kier alpha value is -2.17. The second kappa shape index (κ2) is 6.30. The molecule has 1 atom stereocenters. The maximum atomic E-state index is 12.0. The molecular weight excluding hydrogens is 278 g/mol. The summed E-state index contributed by atoms with van der Waals surface area (Å²) in [7, 11) is 0. The van der Waals surface area contributed by atoms with E-state index in [1.165, 1.54) is 5.56 Å². The number of aromatic nitrogens is 2. The van der Waals surface area contributed by atoms with Gasteiger partial charge in [-0.15, -0.1) is 0 Å². The van der Waals surface area contributed by atoms with E-state index < -0.39 is 0 Å². The van der Waals surface area contributed by atoms with Crippen LogP contribution in [0.1, 0.15) is 25.3 Å². The third kappa shape index (κ3) is 2.89. The lowest BCUT2D eigenvalue weighted by Gasteiger charge is -2.32. The van der Waals surface area contributed by atoms with Crippen LogP contribution in [0.15, 0.2) is 24.5 Å². The van der Waals surface area contributed by atoms with E-state index in [1.54, 1.807) is 6.33 Å². The highest BCUT2D eigenvalue weighted by Gasteiger charge is 2.28. The van der Waals surface area contributed by atoms with Crippen LogP contribution in [0.25, 0.3) is 10.9 Å². The Morgan fingerprint density at radius 3 is 3.09 bits per heavy atom. The largest absolute Gasteiger partial charge is 0.466 e. The van der Waals surface area contributed by atoms with Crippen molar-refractivity contribution in [3.05, 3.63) is 30.1 Å². The van der Waals surface area contributed by atoms with E-state index in [4.69, 9.17) is 4.74 Å². The maximum Gasteiger partial charge on any atom is 0.310 e. The Balaban J connectivity index is 1.90. The smallest absolute Gasteiger partial charge is 0.310 e. The van der Waals surface area contributed by atoms with Crippen LogP contribution >= 0.6 is 0 Å². The van der Waals surface area contributed by atoms with Gasteiger partial charge in [-0.05, 0) is 38.8 Å². The predicted molar refractivity (Wildman–Crippen MR) is 85.8 cm³/mol. The van der Waals surface area contributed by atoms with Crippen molar-refractivity contribution in [3.63, 3.8) is 0 Å². The van der Waals surface area contributed by atoms with E-state index in [0.29, 0.717) is 13.2 Å². The molecular formula is C17H21N3O2. The van der Waals surface area contributed by atoms with Crippen LogP contribution in [0, 0.1) is 12.8 Å². The molecule has 1 aromatic carbocycles. The van der Waals surface area contributed by atoms with Crippen molar-refractivity contribution in [1.82, 2.24) is 9.97 Å². The van der Waals surface area contributed by atoms with Crippen LogP contribution in [0.5, 0.6) is 0 Å². The number of esters is 1. The number of anilines is 1. The molecule has 0 amide bonds. The normalized spacial score (nSPS) is 18.5. The highest BCUT2D eigenvalue weighted by Crippen LogP contribution is 2.28. The molecule has 1 saturated heterocycles. The fourth-order valence-electron chi connectivity index (χ4n) is 3.03. The molecule has 3 rings (SSSR count). The van der Waals surface area contributed by atoms with Gasteiger partial charge in [0, 0.05) is 18.5 Å². The molecule has 5 heteroatoms. The minimum absolute atomic E-state index is 0.0662. The Morgan fingerprint density at radius 1 is 1.41 bits per heavy atom. The molecule has 2 heterocycles. The van der Waals surface area contributed by atoms with Gasteiger partial charge in [0.25, 0.3) is 0 Å². The molecule has 0 spiro atoms. The molecule has 5 nitrogen and oxygen atoms in total. The van der Waals surface area contributed by atoms with Crippen molar-refractivity contribution < 1.29 is 9.53 Å². The molecule has 0 saturated carbocycles. The zero-order valence-electron chi connectivity index (χ0n) is 13.1. The minimum atomic E-state index is -0.0956. The summed E-state index contributed by atoms with van der Waals surface area (Å²) in [6.45, 7) is 5.92. The number of rotatable bonds is 3. The monoisotopic (exact) mass is 299 g/mol. The van der Waals surface area contributed by atoms with Gasteiger partial charge in [0.15, 0.2) is 0 Å². The third-order valence-corrected chi connectivity index (χ3v) is 4.11. The molecule has 116 valence electrons. The van der Waals surface area contributed by atoms with Gasteiger partial charge in [0.1, 0.15) is 12.1 Å². The van der Waals surface area contributed by atoms with Crippen LogP contribution < -0.4 is 4.90 Å². The predicted octanol–water partition coefficient (Wildman–Crippen LogP) is 2.72. The van der Waals surface area contributed by atoms with Crippen molar-refractivity contribution in [2.24, 2.45) is 5.92 Å². The standard InChI is InChI=1S/C17H21N3O2/c1-3-22-17(21)13-5-4-8-20(10-13)16-14-9-12(2)6-7-15(14)18-11-19-16/h6-7,9,11,13H,3-5,8,10H2,1-2H3. The number of nitrogens with zero attached hydrogens (tertiary/aromatic N) is 3. The summed E-state index contributed by atoms with van der Waals surface area (Å²) in [5.41, 5.74) is 2.12. The lowest BCUT2D eigenvalue weighted by Crippen LogP contribution is -2.40. The van der Waals surface area contributed by atoms with Gasteiger partial charge >= 0.3 is 5.97 Å². The lowest BCUT2D eigenvalue weighted by atomic mass is 9.98. The highest BCUT2D eigenvalue weighted by atomic mass is 16.5. The number of carbonyl (C=O) groups excluding carboxylic acids is 1. The molecule has 1 aliphatic heterocycles. The van der Waals surface area contributed by atoms with Crippen molar-refractivity contribution in [3.8, 4) is 0 Å². The molecule has 1 unspecified atom stereocenters. The fraction of sp³-hybridized carbons (Fsp3) is 0.471. The summed E-state index contributed by atoms with van der Waals surface area (Å²) in [6, 6.07) is 6.18. The van der Waals surface area contributed by atoms with Crippen molar-refractivity contribution in [1.29, 1.82) is 0 Å². The number of carbonyl (C=O) groups is 1. The molecule has 22 heavy (non-hydrogen) atoms. The molecule has 1 aliphatic rings. The molecule has 2 aromatic rings. The number of aryl methyl sites for hydroxylation is 1. The molecule has 1 aromatic heterocycles. The van der Waals surface area contributed by atoms with Crippen LogP contribution in [0.2, 0.25) is 0 Å². The summed E-state index contributed by atoms with van der Waals surface area (Å²) in [4.78, 5) is 23.0. The molecule has 0 bridgehead atoms. The Morgan fingerprint density at radius 2 is 2.27 bits per heavy atom. The number of fused-ring (bicyclic) bond motifs is 1. The van der Waals surface area contributed by atoms with Gasteiger partial charge in [-0.1, -0.05) is 11.6 Å². The van der Waals surface area contributed by atoms with E-state index in [-0.39, 0.29) is 11.9 Å². The zero-order valence-corrected chi connectivity index (χ0v) is 13.1. The van der Waals surface area contributed by atoms with E-state index in [1.807, 2.05) is 13.0 Å². The number of benzene rings is 1. The molecule has 0 aliphatic carbocycles. The van der Waals surface area contributed by atoms with Crippen molar-refractivity contribution in [2.75, 3.05) is 24.6 Å². The molecule has 0 radical (unpaired) electrons. The van der Waals surface area contributed by atoms with Gasteiger partial charge in [-0.25, -0.2) is 9.97 Å². The lowest BCUT2D eigenvalue weighted by molar-refractivity contribution is -0.148. The van der Waals surface area contributed by atoms with E-state index in [0.717, 1.165) is 36.1 Å². The first-order valence-corrected chi connectivity index (χ1v) is 7.82. The van der Waals surface area contributed by atoms with Crippen molar-refractivity contribution >= 4 is 22.7 Å². The van der Waals surface area contributed by atoms with E-state index in [2.05, 4.69) is 33.9 Å².